The van der Waals surface area contributed by atoms with Crippen LogP contribution in [-0.2, 0) is 4.79 Å². The summed E-state index contributed by atoms with van der Waals surface area (Å²) < 4.78 is 1.09. The number of benzene rings is 2. The summed E-state index contributed by atoms with van der Waals surface area (Å²) in [6, 6.07) is 14.1. The number of nitrogens with one attached hydrogen (secondary N) is 2. The number of aryl methyl sites for hydroxylation is 1. The molecule has 2 N–H and O–H groups in total. The van der Waals surface area contributed by atoms with Crippen molar-refractivity contribution < 1.29 is 4.79 Å². The van der Waals surface area contributed by atoms with Gasteiger partial charge in [-0.2, -0.15) is 0 Å². The van der Waals surface area contributed by atoms with Gasteiger partial charge in [-0.3, -0.25) is 4.79 Å². The van der Waals surface area contributed by atoms with E-state index in [-0.39, 0.29) is 5.91 Å². The van der Waals surface area contributed by atoms with Crippen LogP contribution in [0.3, 0.4) is 0 Å². The summed E-state index contributed by atoms with van der Waals surface area (Å²) in [7, 11) is 0. The normalized spacial score (nSPS) is 10.7. The fourth-order valence-corrected chi connectivity index (χ4v) is 2.50. The zero-order valence-corrected chi connectivity index (χ0v) is 15.4. The summed E-state index contributed by atoms with van der Waals surface area (Å²) in [5, 5.41) is 6.20. The molecule has 0 aromatic heterocycles. The van der Waals surface area contributed by atoms with E-state index in [2.05, 4.69) is 58.6 Å². The monoisotopic (exact) mass is 374 g/mol. The van der Waals surface area contributed by atoms with Crippen molar-refractivity contribution in [3.63, 3.8) is 0 Å². The molecule has 0 spiro atoms. The molecule has 0 aliphatic carbocycles. The Labute approximate surface area is 146 Å². The zero-order valence-electron chi connectivity index (χ0n) is 13.8. The predicted molar refractivity (Wildman–Crippen MR) is 101 cm³/mol. The Morgan fingerprint density at radius 1 is 1.09 bits per heavy atom. The molecule has 0 saturated carbocycles. The van der Waals surface area contributed by atoms with E-state index >= 15 is 0 Å². The SMILES string of the molecule is Cc1cc(NCCC(=O)Nc2ccc(C(C)C)cc2)ccc1Br. The van der Waals surface area contributed by atoms with Crippen LogP contribution in [0.1, 0.15) is 37.3 Å². The molecule has 0 saturated heterocycles. The second-order valence-electron chi connectivity index (χ2n) is 5.97. The van der Waals surface area contributed by atoms with Crippen molar-refractivity contribution in [2.75, 3.05) is 17.2 Å². The first-order valence-electron chi connectivity index (χ1n) is 7.85. The van der Waals surface area contributed by atoms with E-state index in [0.29, 0.717) is 18.9 Å². The van der Waals surface area contributed by atoms with Crippen LogP contribution in [-0.4, -0.2) is 12.5 Å². The van der Waals surface area contributed by atoms with Crippen LogP contribution >= 0.6 is 15.9 Å². The molecule has 2 rings (SSSR count). The third kappa shape index (κ3) is 5.39. The largest absolute Gasteiger partial charge is 0.385 e. The fourth-order valence-electron chi connectivity index (χ4n) is 2.25. The molecular formula is C19H23BrN2O. The van der Waals surface area contributed by atoms with E-state index in [1.54, 1.807) is 0 Å². The molecular weight excluding hydrogens is 352 g/mol. The van der Waals surface area contributed by atoms with Gasteiger partial charge in [-0.15, -0.1) is 0 Å². The Balaban J connectivity index is 1.79. The molecule has 2 aromatic rings. The molecule has 1 amide bonds. The van der Waals surface area contributed by atoms with E-state index in [9.17, 15) is 4.79 Å². The maximum atomic E-state index is 12.0. The van der Waals surface area contributed by atoms with Gasteiger partial charge in [-0.25, -0.2) is 0 Å². The first-order valence-corrected chi connectivity index (χ1v) is 8.65. The molecule has 0 unspecified atom stereocenters. The standard InChI is InChI=1S/C19H23BrN2O/c1-13(2)15-4-6-16(7-5-15)22-19(23)10-11-21-17-8-9-18(20)14(3)12-17/h4-9,12-13,21H,10-11H2,1-3H3,(H,22,23). The highest BCUT2D eigenvalue weighted by atomic mass is 79.9. The third-order valence-corrected chi connectivity index (χ3v) is 4.59. The molecule has 0 aliphatic rings. The molecule has 3 nitrogen and oxygen atoms in total. The minimum absolute atomic E-state index is 0.0173. The summed E-state index contributed by atoms with van der Waals surface area (Å²) >= 11 is 3.48. The third-order valence-electron chi connectivity index (χ3n) is 3.70. The molecule has 0 aliphatic heterocycles. The number of rotatable bonds is 6. The van der Waals surface area contributed by atoms with E-state index < -0.39 is 0 Å². The van der Waals surface area contributed by atoms with Crippen molar-refractivity contribution in [2.24, 2.45) is 0 Å². The molecule has 23 heavy (non-hydrogen) atoms. The van der Waals surface area contributed by atoms with E-state index in [1.807, 2.05) is 31.2 Å². The molecule has 4 heteroatoms. The van der Waals surface area contributed by atoms with E-state index in [4.69, 9.17) is 0 Å². The van der Waals surface area contributed by atoms with Gasteiger partial charge in [0.25, 0.3) is 0 Å². The number of carbonyl (C=O) groups is 1. The molecule has 0 heterocycles. The van der Waals surface area contributed by atoms with Gasteiger partial charge in [0.1, 0.15) is 0 Å². The highest BCUT2D eigenvalue weighted by Gasteiger charge is 2.04. The quantitative estimate of drug-likeness (QED) is 0.717. The molecule has 0 bridgehead atoms. The molecule has 0 radical (unpaired) electrons. The molecule has 0 fully saturated rings. The smallest absolute Gasteiger partial charge is 0.226 e. The number of hydrogen-bond donors (Lipinski definition) is 2. The van der Waals surface area contributed by atoms with Crippen LogP contribution in [0.15, 0.2) is 46.9 Å². The summed E-state index contributed by atoms with van der Waals surface area (Å²) in [6.07, 6.45) is 0.432. The van der Waals surface area contributed by atoms with Gasteiger partial charge in [0.2, 0.25) is 5.91 Å². The lowest BCUT2D eigenvalue weighted by Gasteiger charge is -2.10. The van der Waals surface area contributed by atoms with Crippen molar-refractivity contribution >= 4 is 33.2 Å². The van der Waals surface area contributed by atoms with Crippen molar-refractivity contribution in [3.05, 3.63) is 58.1 Å². The van der Waals surface area contributed by atoms with E-state index in [0.717, 1.165) is 15.8 Å². The van der Waals surface area contributed by atoms with Crippen LogP contribution in [0.25, 0.3) is 0 Å². The van der Waals surface area contributed by atoms with Gasteiger partial charge >= 0.3 is 0 Å². The van der Waals surface area contributed by atoms with Gasteiger partial charge < -0.3 is 10.6 Å². The van der Waals surface area contributed by atoms with Gasteiger partial charge in [-0.1, -0.05) is 41.9 Å². The minimum atomic E-state index is 0.0173. The first kappa shape index (κ1) is 17.5. The zero-order chi connectivity index (χ0) is 16.8. The van der Waals surface area contributed by atoms with Crippen LogP contribution in [0.5, 0.6) is 0 Å². The van der Waals surface area contributed by atoms with Gasteiger partial charge in [0.15, 0.2) is 0 Å². The Bertz CT molecular complexity index is 666. The van der Waals surface area contributed by atoms with Crippen molar-refractivity contribution in [1.82, 2.24) is 0 Å². The van der Waals surface area contributed by atoms with Gasteiger partial charge in [0.05, 0.1) is 0 Å². The Hall–Kier alpha value is -1.81. The summed E-state index contributed by atoms with van der Waals surface area (Å²) in [5.74, 6) is 0.516. The fraction of sp³-hybridized carbons (Fsp3) is 0.316. The topological polar surface area (TPSA) is 41.1 Å². The van der Waals surface area contributed by atoms with Crippen LogP contribution in [0.4, 0.5) is 11.4 Å². The number of carbonyl (C=O) groups excluding carboxylic acids is 1. The Kier molecular flexibility index (Phi) is 6.22. The number of anilines is 2. The molecule has 122 valence electrons. The predicted octanol–water partition coefficient (Wildman–Crippen LogP) is 5.32. The average Bonchev–Trinajstić information content (AvgIpc) is 2.51. The Morgan fingerprint density at radius 2 is 1.74 bits per heavy atom. The van der Waals surface area contributed by atoms with Crippen LogP contribution < -0.4 is 10.6 Å². The van der Waals surface area contributed by atoms with Crippen molar-refractivity contribution in [3.8, 4) is 0 Å². The lowest BCUT2D eigenvalue weighted by Crippen LogP contribution is -2.16. The van der Waals surface area contributed by atoms with Crippen LogP contribution in [0, 0.1) is 6.92 Å². The summed E-state index contributed by atoms with van der Waals surface area (Å²) in [4.78, 5) is 12.0. The summed E-state index contributed by atoms with van der Waals surface area (Å²) in [5.41, 5.74) is 4.32. The maximum Gasteiger partial charge on any atom is 0.226 e. The molecule has 2 aromatic carbocycles. The second-order valence-corrected chi connectivity index (χ2v) is 6.82. The molecule has 0 atom stereocenters. The van der Waals surface area contributed by atoms with Gasteiger partial charge in [0, 0.05) is 28.8 Å². The van der Waals surface area contributed by atoms with Crippen LogP contribution in [0.2, 0.25) is 0 Å². The number of hydrogen-bond acceptors (Lipinski definition) is 2. The van der Waals surface area contributed by atoms with Gasteiger partial charge in [-0.05, 0) is 54.3 Å². The lowest BCUT2D eigenvalue weighted by atomic mass is 10.0. The first-order chi connectivity index (χ1) is 11.0. The Morgan fingerprint density at radius 3 is 2.35 bits per heavy atom. The number of halogens is 1. The lowest BCUT2D eigenvalue weighted by molar-refractivity contribution is -0.115. The summed E-state index contributed by atoms with van der Waals surface area (Å²) in [6.45, 7) is 6.96. The highest BCUT2D eigenvalue weighted by molar-refractivity contribution is 9.10. The van der Waals surface area contributed by atoms with Crippen molar-refractivity contribution in [2.45, 2.75) is 33.1 Å². The average molecular weight is 375 g/mol. The minimum Gasteiger partial charge on any atom is -0.385 e. The number of amides is 1. The second kappa shape index (κ2) is 8.16. The highest BCUT2D eigenvalue weighted by Crippen LogP contribution is 2.20. The van der Waals surface area contributed by atoms with E-state index in [1.165, 1.54) is 11.1 Å². The maximum absolute atomic E-state index is 12.0. The van der Waals surface area contributed by atoms with Crippen molar-refractivity contribution in [1.29, 1.82) is 0 Å².